The van der Waals surface area contributed by atoms with Crippen molar-refractivity contribution in [1.82, 2.24) is 9.80 Å². The Balaban J connectivity index is 1.70. The minimum Gasteiger partial charge on any atom is -0.497 e. The van der Waals surface area contributed by atoms with Crippen LogP contribution in [-0.4, -0.2) is 54.2 Å². The topological polar surface area (TPSA) is 32.8 Å². The molecule has 1 aromatic carbocycles. The summed E-state index contributed by atoms with van der Waals surface area (Å²) in [5.74, 6) is 1.12. The highest BCUT2D eigenvalue weighted by Crippen LogP contribution is 2.43. The average molecular weight is 320 g/mol. The predicted molar refractivity (Wildman–Crippen MR) is 90.2 cm³/mol. The SMILES string of the molecule is COc1ccc([C@H]2S[C@H](C)C(=O)N2CCN2CCCC2)cc1. The summed E-state index contributed by atoms with van der Waals surface area (Å²) < 4.78 is 5.22. The Morgan fingerprint density at radius 2 is 1.86 bits per heavy atom. The summed E-state index contributed by atoms with van der Waals surface area (Å²) >= 11 is 1.75. The van der Waals surface area contributed by atoms with Crippen LogP contribution in [0, 0.1) is 0 Å². The Hall–Kier alpha value is -1.20. The Morgan fingerprint density at radius 3 is 2.50 bits per heavy atom. The number of ether oxygens (including phenoxy) is 1. The van der Waals surface area contributed by atoms with Crippen LogP contribution >= 0.6 is 11.8 Å². The first-order chi connectivity index (χ1) is 10.7. The molecule has 0 spiro atoms. The van der Waals surface area contributed by atoms with Crippen molar-refractivity contribution in [1.29, 1.82) is 0 Å². The number of hydrogen-bond acceptors (Lipinski definition) is 4. The smallest absolute Gasteiger partial charge is 0.236 e. The maximum absolute atomic E-state index is 12.5. The number of thioether (sulfide) groups is 1. The molecule has 0 radical (unpaired) electrons. The van der Waals surface area contributed by atoms with Crippen molar-refractivity contribution in [3.63, 3.8) is 0 Å². The molecule has 0 unspecified atom stereocenters. The monoisotopic (exact) mass is 320 g/mol. The maximum Gasteiger partial charge on any atom is 0.236 e. The number of likely N-dealkylation sites (tertiary alicyclic amines) is 1. The third-order valence-electron chi connectivity index (χ3n) is 4.50. The van der Waals surface area contributed by atoms with Crippen LogP contribution in [0.15, 0.2) is 24.3 Å². The summed E-state index contributed by atoms with van der Waals surface area (Å²) in [6, 6.07) is 8.10. The molecule has 2 atom stereocenters. The molecule has 3 rings (SSSR count). The second-order valence-electron chi connectivity index (χ2n) is 5.98. The molecule has 120 valence electrons. The quantitative estimate of drug-likeness (QED) is 0.835. The van der Waals surface area contributed by atoms with Gasteiger partial charge in [0.05, 0.1) is 12.4 Å². The predicted octanol–water partition coefficient (Wildman–Crippen LogP) is 2.75. The summed E-state index contributed by atoms with van der Waals surface area (Å²) in [4.78, 5) is 17.0. The molecule has 0 bridgehead atoms. The first-order valence-corrected chi connectivity index (χ1v) is 8.95. The zero-order valence-electron chi connectivity index (χ0n) is 13.3. The number of carbonyl (C=O) groups excluding carboxylic acids is 1. The highest BCUT2D eigenvalue weighted by Gasteiger charge is 2.38. The molecule has 1 amide bonds. The summed E-state index contributed by atoms with van der Waals surface area (Å²) in [7, 11) is 1.67. The first-order valence-electron chi connectivity index (χ1n) is 8.01. The van der Waals surface area contributed by atoms with Crippen molar-refractivity contribution in [2.24, 2.45) is 0 Å². The molecule has 2 saturated heterocycles. The van der Waals surface area contributed by atoms with E-state index in [0.717, 1.165) is 18.8 Å². The van der Waals surface area contributed by atoms with Crippen molar-refractivity contribution in [3.05, 3.63) is 29.8 Å². The lowest BCUT2D eigenvalue weighted by atomic mass is 10.2. The van der Waals surface area contributed by atoms with E-state index in [4.69, 9.17) is 4.74 Å². The van der Waals surface area contributed by atoms with E-state index in [2.05, 4.69) is 21.9 Å². The van der Waals surface area contributed by atoms with Crippen molar-refractivity contribution in [2.75, 3.05) is 33.3 Å². The summed E-state index contributed by atoms with van der Waals surface area (Å²) in [5, 5.41) is 0.182. The Morgan fingerprint density at radius 1 is 1.18 bits per heavy atom. The van der Waals surface area contributed by atoms with E-state index < -0.39 is 0 Å². The number of benzene rings is 1. The van der Waals surface area contributed by atoms with E-state index in [-0.39, 0.29) is 16.5 Å². The van der Waals surface area contributed by atoms with Gasteiger partial charge in [-0.05, 0) is 50.6 Å². The lowest BCUT2D eigenvalue weighted by molar-refractivity contribution is -0.130. The summed E-state index contributed by atoms with van der Waals surface area (Å²) in [6.45, 7) is 6.19. The molecule has 5 heteroatoms. The molecule has 1 aromatic rings. The van der Waals surface area contributed by atoms with Crippen LogP contribution in [0.4, 0.5) is 0 Å². The van der Waals surface area contributed by atoms with E-state index in [1.165, 1.54) is 31.5 Å². The van der Waals surface area contributed by atoms with Gasteiger partial charge in [0, 0.05) is 13.1 Å². The second kappa shape index (κ2) is 6.92. The van der Waals surface area contributed by atoms with Gasteiger partial charge in [-0.1, -0.05) is 12.1 Å². The summed E-state index contributed by atoms with van der Waals surface area (Å²) in [6.07, 6.45) is 2.59. The van der Waals surface area contributed by atoms with Crippen molar-refractivity contribution in [2.45, 2.75) is 30.4 Å². The average Bonchev–Trinajstić information content (AvgIpc) is 3.15. The number of hydrogen-bond donors (Lipinski definition) is 0. The van der Waals surface area contributed by atoms with Gasteiger partial charge in [-0.2, -0.15) is 0 Å². The third-order valence-corrected chi connectivity index (χ3v) is 5.90. The minimum atomic E-state index is 0.0469. The zero-order chi connectivity index (χ0) is 15.5. The highest BCUT2D eigenvalue weighted by molar-refractivity contribution is 8.01. The number of nitrogens with zero attached hydrogens (tertiary/aromatic N) is 2. The van der Waals surface area contributed by atoms with Gasteiger partial charge in [-0.15, -0.1) is 11.8 Å². The van der Waals surface area contributed by atoms with Gasteiger partial charge in [0.15, 0.2) is 0 Å². The first kappa shape index (κ1) is 15.7. The molecular weight excluding hydrogens is 296 g/mol. The van der Waals surface area contributed by atoms with E-state index in [1.54, 1.807) is 18.9 Å². The fraction of sp³-hybridized carbons (Fsp3) is 0.588. The molecule has 2 aliphatic rings. The highest BCUT2D eigenvalue weighted by atomic mass is 32.2. The Bertz CT molecular complexity index is 514. The Kier molecular flexibility index (Phi) is 4.93. The second-order valence-corrected chi connectivity index (χ2v) is 7.41. The van der Waals surface area contributed by atoms with Crippen LogP contribution in [0.2, 0.25) is 0 Å². The zero-order valence-corrected chi connectivity index (χ0v) is 14.1. The van der Waals surface area contributed by atoms with Crippen molar-refractivity contribution >= 4 is 17.7 Å². The van der Waals surface area contributed by atoms with Gasteiger partial charge >= 0.3 is 0 Å². The number of rotatable bonds is 5. The van der Waals surface area contributed by atoms with Gasteiger partial charge in [-0.3, -0.25) is 4.79 Å². The third kappa shape index (κ3) is 3.25. The van der Waals surface area contributed by atoms with Crippen LogP contribution < -0.4 is 4.74 Å². The maximum atomic E-state index is 12.5. The van der Waals surface area contributed by atoms with Gasteiger partial charge < -0.3 is 14.5 Å². The lowest BCUT2D eigenvalue weighted by Crippen LogP contribution is -2.37. The number of amides is 1. The van der Waals surface area contributed by atoms with Crippen molar-refractivity contribution in [3.8, 4) is 5.75 Å². The molecule has 2 heterocycles. The Labute approximate surface area is 136 Å². The van der Waals surface area contributed by atoms with Gasteiger partial charge in [0.1, 0.15) is 11.1 Å². The molecule has 4 nitrogen and oxygen atoms in total. The molecule has 0 aromatic heterocycles. The van der Waals surface area contributed by atoms with Gasteiger partial charge in [0.2, 0.25) is 5.91 Å². The van der Waals surface area contributed by atoms with E-state index in [1.807, 2.05) is 19.1 Å². The van der Waals surface area contributed by atoms with E-state index in [9.17, 15) is 4.79 Å². The fourth-order valence-corrected chi connectivity index (χ4v) is 4.49. The molecular formula is C17H24N2O2S. The van der Waals surface area contributed by atoms with Gasteiger partial charge in [0.25, 0.3) is 0 Å². The number of methoxy groups -OCH3 is 1. The van der Waals surface area contributed by atoms with Crippen LogP contribution in [0.3, 0.4) is 0 Å². The van der Waals surface area contributed by atoms with E-state index in [0.29, 0.717) is 0 Å². The number of carbonyl (C=O) groups is 1. The van der Waals surface area contributed by atoms with Crippen LogP contribution in [0.25, 0.3) is 0 Å². The summed E-state index contributed by atoms with van der Waals surface area (Å²) in [5.41, 5.74) is 1.19. The van der Waals surface area contributed by atoms with Crippen molar-refractivity contribution < 1.29 is 9.53 Å². The molecule has 0 N–H and O–H groups in total. The normalized spacial score (nSPS) is 25.9. The largest absolute Gasteiger partial charge is 0.497 e. The minimum absolute atomic E-state index is 0.0469. The van der Waals surface area contributed by atoms with Crippen LogP contribution in [-0.2, 0) is 4.79 Å². The van der Waals surface area contributed by atoms with Crippen LogP contribution in [0.5, 0.6) is 5.75 Å². The standard InChI is InChI=1S/C17H24N2O2S/c1-13-16(20)19(12-11-18-9-3-4-10-18)17(22-13)14-5-7-15(21-2)8-6-14/h5-8,13,17H,3-4,9-12H2,1-2H3/t13-,17-/m1/s1. The molecule has 22 heavy (non-hydrogen) atoms. The van der Waals surface area contributed by atoms with E-state index >= 15 is 0 Å². The lowest BCUT2D eigenvalue weighted by Gasteiger charge is -2.26. The van der Waals surface area contributed by atoms with Crippen LogP contribution in [0.1, 0.15) is 30.7 Å². The van der Waals surface area contributed by atoms with Gasteiger partial charge in [-0.25, -0.2) is 0 Å². The molecule has 2 fully saturated rings. The molecule has 0 aliphatic carbocycles. The molecule has 2 aliphatic heterocycles. The molecule has 0 saturated carbocycles. The fourth-order valence-electron chi connectivity index (χ4n) is 3.18.